The molecule has 0 aromatic heterocycles. The molecule has 10 nitrogen and oxygen atoms in total. The highest BCUT2D eigenvalue weighted by Crippen LogP contribution is 2.22. The molecule has 0 unspecified atom stereocenters. The van der Waals surface area contributed by atoms with E-state index in [1.54, 1.807) is 0 Å². The lowest BCUT2D eigenvalue weighted by molar-refractivity contribution is -0.305. The SMILES string of the molecule is CC/C=C\C/C=C\CCCCCCCC(=O)OC[C@H](CO[C@@H]1O[C@H](CO)[C@H](O)[C@H](O)[C@H]1O)OC(=O)CCCCCCC/C=C\C/C=C/CC. The molecule has 1 heterocycles. The van der Waals surface area contributed by atoms with Gasteiger partial charge in [0.1, 0.15) is 31.0 Å². The Morgan fingerprint density at radius 2 is 1.14 bits per heavy atom. The van der Waals surface area contributed by atoms with Crippen molar-refractivity contribution in [2.45, 2.75) is 166 Å². The van der Waals surface area contributed by atoms with Crippen molar-refractivity contribution in [3.05, 3.63) is 48.6 Å². The van der Waals surface area contributed by atoms with Crippen molar-refractivity contribution in [3.63, 3.8) is 0 Å². The number of aliphatic hydroxyl groups is 4. The first-order valence-electron chi connectivity index (χ1n) is 18.7. The first kappa shape index (κ1) is 44.7. The van der Waals surface area contributed by atoms with Gasteiger partial charge in [0.15, 0.2) is 12.4 Å². The third kappa shape index (κ3) is 22.9. The Bertz CT molecular complexity index is 944. The van der Waals surface area contributed by atoms with Crippen molar-refractivity contribution in [1.29, 1.82) is 0 Å². The van der Waals surface area contributed by atoms with Gasteiger partial charge < -0.3 is 39.4 Å². The Morgan fingerprint density at radius 1 is 0.633 bits per heavy atom. The van der Waals surface area contributed by atoms with Gasteiger partial charge in [-0.3, -0.25) is 9.59 Å². The molecule has 1 fully saturated rings. The Balaban J connectivity index is 2.44. The average Bonchev–Trinajstić information content (AvgIpc) is 3.10. The summed E-state index contributed by atoms with van der Waals surface area (Å²) in [4.78, 5) is 25.1. The second-order valence-corrected chi connectivity index (χ2v) is 12.6. The van der Waals surface area contributed by atoms with E-state index in [-0.39, 0.29) is 26.1 Å². The molecule has 0 saturated carbocycles. The number of aliphatic hydroxyl groups excluding tert-OH is 4. The zero-order valence-electron chi connectivity index (χ0n) is 30.2. The topological polar surface area (TPSA) is 152 Å². The number of ether oxygens (including phenoxy) is 4. The van der Waals surface area contributed by atoms with Gasteiger partial charge in [0, 0.05) is 12.8 Å². The van der Waals surface area contributed by atoms with Crippen molar-refractivity contribution in [1.82, 2.24) is 0 Å². The lowest BCUT2D eigenvalue weighted by atomic mass is 9.99. The summed E-state index contributed by atoms with van der Waals surface area (Å²) >= 11 is 0. The van der Waals surface area contributed by atoms with E-state index < -0.39 is 55.4 Å². The smallest absolute Gasteiger partial charge is 0.306 e. The Hall–Kier alpha value is -2.34. The molecular weight excluding hydrogens is 628 g/mol. The molecule has 282 valence electrons. The maximum absolute atomic E-state index is 12.7. The first-order chi connectivity index (χ1) is 23.8. The van der Waals surface area contributed by atoms with Gasteiger partial charge in [0.25, 0.3) is 0 Å². The summed E-state index contributed by atoms with van der Waals surface area (Å²) in [6, 6.07) is 0. The lowest BCUT2D eigenvalue weighted by Crippen LogP contribution is -2.59. The third-order valence-electron chi connectivity index (χ3n) is 8.21. The van der Waals surface area contributed by atoms with Gasteiger partial charge >= 0.3 is 11.9 Å². The van der Waals surface area contributed by atoms with Gasteiger partial charge in [0.2, 0.25) is 0 Å². The van der Waals surface area contributed by atoms with E-state index in [0.29, 0.717) is 12.8 Å². The Morgan fingerprint density at radius 3 is 1.69 bits per heavy atom. The van der Waals surface area contributed by atoms with Crippen LogP contribution in [0.1, 0.15) is 129 Å². The predicted molar refractivity (Wildman–Crippen MR) is 192 cm³/mol. The molecule has 49 heavy (non-hydrogen) atoms. The minimum Gasteiger partial charge on any atom is -0.462 e. The number of carbonyl (C=O) groups is 2. The molecule has 4 N–H and O–H groups in total. The minimum atomic E-state index is -1.60. The van der Waals surface area contributed by atoms with E-state index in [1.165, 1.54) is 0 Å². The largest absolute Gasteiger partial charge is 0.462 e. The van der Waals surface area contributed by atoms with Crippen LogP contribution in [0.3, 0.4) is 0 Å². The summed E-state index contributed by atoms with van der Waals surface area (Å²) in [6.07, 6.45) is 25.6. The second-order valence-electron chi connectivity index (χ2n) is 12.6. The number of esters is 2. The zero-order chi connectivity index (χ0) is 36.0. The van der Waals surface area contributed by atoms with Crippen LogP contribution in [-0.2, 0) is 28.5 Å². The van der Waals surface area contributed by atoms with Crippen LogP contribution >= 0.6 is 0 Å². The summed E-state index contributed by atoms with van der Waals surface area (Å²) in [5, 5.41) is 39.9. The summed E-state index contributed by atoms with van der Waals surface area (Å²) in [6.45, 7) is 3.13. The van der Waals surface area contributed by atoms with Gasteiger partial charge in [0.05, 0.1) is 13.2 Å². The molecule has 1 saturated heterocycles. The lowest BCUT2D eigenvalue weighted by Gasteiger charge is -2.39. The molecule has 0 bridgehead atoms. The normalized spacial score (nSPS) is 22.1. The van der Waals surface area contributed by atoms with E-state index in [4.69, 9.17) is 18.9 Å². The highest BCUT2D eigenvalue weighted by Gasteiger charge is 2.44. The highest BCUT2D eigenvalue weighted by atomic mass is 16.7. The predicted octanol–water partition coefficient (Wildman–Crippen LogP) is 6.54. The van der Waals surface area contributed by atoms with Crippen molar-refractivity contribution in [3.8, 4) is 0 Å². The molecule has 1 aliphatic heterocycles. The van der Waals surface area contributed by atoms with E-state index in [2.05, 4.69) is 62.5 Å². The molecule has 1 rings (SSSR count). The second kappa shape index (κ2) is 30.5. The summed E-state index contributed by atoms with van der Waals surface area (Å²) in [7, 11) is 0. The van der Waals surface area contributed by atoms with E-state index in [9.17, 15) is 30.0 Å². The Labute approximate surface area is 295 Å². The number of rotatable bonds is 29. The molecule has 1 aliphatic rings. The monoisotopic (exact) mass is 694 g/mol. The van der Waals surface area contributed by atoms with Crippen LogP contribution in [-0.4, -0.2) is 89.0 Å². The number of hydrogen-bond donors (Lipinski definition) is 4. The fraction of sp³-hybridized carbons (Fsp3) is 0.744. The Kier molecular flexibility index (Phi) is 27.8. The molecule has 0 aromatic carbocycles. The highest BCUT2D eigenvalue weighted by molar-refractivity contribution is 5.70. The molecule has 6 atom stereocenters. The van der Waals surface area contributed by atoms with Crippen LogP contribution in [0, 0.1) is 0 Å². The van der Waals surface area contributed by atoms with Crippen molar-refractivity contribution in [2.75, 3.05) is 19.8 Å². The van der Waals surface area contributed by atoms with Gasteiger partial charge in [-0.25, -0.2) is 0 Å². The maximum Gasteiger partial charge on any atom is 0.306 e. The van der Waals surface area contributed by atoms with Crippen LogP contribution in [0.2, 0.25) is 0 Å². The van der Waals surface area contributed by atoms with Gasteiger partial charge in [-0.2, -0.15) is 0 Å². The van der Waals surface area contributed by atoms with Crippen LogP contribution < -0.4 is 0 Å². The summed E-state index contributed by atoms with van der Waals surface area (Å²) < 4.78 is 22.0. The van der Waals surface area contributed by atoms with Crippen LogP contribution in [0.15, 0.2) is 48.6 Å². The quantitative estimate of drug-likeness (QED) is 0.0386. The number of allylic oxidation sites excluding steroid dienone is 8. The fourth-order valence-corrected chi connectivity index (χ4v) is 5.26. The molecule has 0 spiro atoms. The molecule has 0 amide bonds. The van der Waals surface area contributed by atoms with Gasteiger partial charge in [-0.15, -0.1) is 0 Å². The standard InChI is InChI=1S/C39H66O10/c1-3-5-7-9-11-13-15-17-19-21-23-25-27-34(41)46-30-32(31-47-39-38(45)37(44)36(43)33(29-40)49-39)48-35(42)28-26-24-22-20-18-16-14-12-10-8-6-4-2/h5-8,11-14,32-33,36-40,43-45H,3-4,9-10,15-31H2,1-2H3/b7-5-,8-6+,13-11-,14-12-/t32-,33-,36+,37+,38-,39-/m1/s1. The minimum absolute atomic E-state index is 0.208. The van der Waals surface area contributed by atoms with Crippen LogP contribution in [0.5, 0.6) is 0 Å². The van der Waals surface area contributed by atoms with Crippen molar-refractivity contribution < 1.29 is 49.0 Å². The zero-order valence-corrected chi connectivity index (χ0v) is 30.2. The number of hydrogen-bond acceptors (Lipinski definition) is 10. The molecule has 0 aromatic rings. The maximum atomic E-state index is 12.7. The molecular formula is C39H66O10. The third-order valence-corrected chi connectivity index (χ3v) is 8.21. The summed E-state index contributed by atoms with van der Waals surface area (Å²) in [5.74, 6) is -0.849. The molecule has 0 radical (unpaired) electrons. The summed E-state index contributed by atoms with van der Waals surface area (Å²) in [5.41, 5.74) is 0. The molecule has 10 heteroatoms. The van der Waals surface area contributed by atoms with Crippen molar-refractivity contribution in [2.24, 2.45) is 0 Å². The van der Waals surface area contributed by atoms with Crippen LogP contribution in [0.4, 0.5) is 0 Å². The molecule has 0 aliphatic carbocycles. The average molecular weight is 695 g/mol. The van der Waals surface area contributed by atoms with Gasteiger partial charge in [-0.1, -0.05) is 101 Å². The van der Waals surface area contributed by atoms with Crippen LogP contribution in [0.25, 0.3) is 0 Å². The number of carbonyl (C=O) groups excluding carboxylic acids is 2. The van der Waals surface area contributed by atoms with E-state index in [0.717, 1.165) is 89.9 Å². The van der Waals surface area contributed by atoms with E-state index in [1.807, 2.05) is 0 Å². The number of unbranched alkanes of at least 4 members (excludes halogenated alkanes) is 10. The first-order valence-corrected chi connectivity index (χ1v) is 18.7. The van der Waals surface area contributed by atoms with Gasteiger partial charge in [-0.05, 0) is 64.2 Å². The van der Waals surface area contributed by atoms with Crippen molar-refractivity contribution >= 4 is 11.9 Å². The van der Waals surface area contributed by atoms with E-state index >= 15 is 0 Å². The fourth-order valence-electron chi connectivity index (χ4n) is 5.26.